The molecule has 3 rings (SSSR count). The van der Waals surface area contributed by atoms with Crippen LogP contribution in [0.15, 0.2) is 54.6 Å². The predicted molar refractivity (Wildman–Crippen MR) is 111 cm³/mol. The standard InChI is InChI=1S/C23H28N2O4/c1-18-7-6-8-20(15-18)16-24-11-13-25(14-12-24)22(26)17-28-23(27)19(2)29-21-9-4-3-5-10-21/h3-10,15,19H,11-14,16-17H2,1-2H3. The largest absolute Gasteiger partial charge is 0.479 e. The van der Waals surface area contributed by atoms with Gasteiger partial charge in [0, 0.05) is 32.7 Å². The van der Waals surface area contributed by atoms with Crippen LogP contribution in [0.3, 0.4) is 0 Å². The van der Waals surface area contributed by atoms with Gasteiger partial charge in [-0.15, -0.1) is 0 Å². The summed E-state index contributed by atoms with van der Waals surface area (Å²) in [5, 5.41) is 0. The third-order valence-corrected chi connectivity index (χ3v) is 4.94. The number of rotatable bonds is 7. The Morgan fingerprint density at radius 3 is 2.41 bits per heavy atom. The maximum atomic E-state index is 12.4. The van der Waals surface area contributed by atoms with Gasteiger partial charge in [0.15, 0.2) is 12.7 Å². The zero-order chi connectivity index (χ0) is 20.6. The average Bonchev–Trinajstić information content (AvgIpc) is 2.73. The molecule has 0 aliphatic carbocycles. The van der Waals surface area contributed by atoms with Gasteiger partial charge in [0.2, 0.25) is 0 Å². The zero-order valence-electron chi connectivity index (χ0n) is 17.0. The van der Waals surface area contributed by atoms with Crippen LogP contribution in [0.4, 0.5) is 0 Å². The molecule has 0 saturated carbocycles. The first-order valence-electron chi connectivity index (χ1n) is 9.95. The normalized spacial score (nSPS) is 15.6. The van der Waals surface area contributed by atoms with Gasteiger partial charge in [-0.05, 0) is 31.5 Å². The summed E-state index contributed by atoms with van der Waals surface area (Å²) < 4.78 is 10.7. The van der Waals surface area contributed by atoms with Crippen LogP contribution in [0, 0.1) is 6.92 Å². The van der Waals surface area contributed by atoms with Gasteiger partial charge in [-0.3, -0.25) is 9.69 Å². The molecule has 1 amide bonds. The van der Waals surface area contributed by atoms with Crippen molar-refractivity contribution in [1.29, 1.82) is 0 Å². The molecule has 6 heteroatoms. The highest BCUT2D eigenvalue weighted by Crippen LogP contribution is 2.12. The highest BCUT2D eigenvalue weighted by atomic mass is 16.6. The number of ether oxygens (including phenoxy) is 2. The summed E-state index contributed by atoms with van der Waals surface area (Å²) in [6.07, 6.45) is -0.767. The van der Waals surface area contributed by atoms with Crippen LogP contribution in [-0.2, 0) is 20.9 Å². The molecule has 1 saturated heterocycles. The second-order valence-electron chi connectivity index (χ2n) is 7.33. The summed E-state index contributed by atoms with van der Waals surface area (Å²) in [6, 6.07) is 17.5. The maximum Gasteiger partial charge on any atom is 0.347 e. The lowest BCUT2D eigenvalue weighted by atomic mass is 10.1. The van der Waals surface area contributed by atoms with Crippen molar-refractivity contribution in [1.82, 2.24) is 9.80 Å². The van der Waals surface area contributed by atoms with E-state index in [4.69, 9.17) is 9.47 Å². The Morgan fingerprint density at radius 2 is 1.72 bits per heavy atom. The predicted octanol–water partition coefficient (Wildman–Crippen LogP) is 2.65. The minimum atomic E-state index is -0.767. The third kappa shape index (κ3) is 6.32. The molecule has 1 heterocycles. The number of piperazine rings is 1. The number of nitrogens with zero attached hydrogens (tertiary/aromatic N) is 2. The van der Waals surface area contributed by atoms with E-state index in [1.165, 1.54) is 11.1 Å². The zero-order valence-corrected chi connectivity index (χ0v) is 17.0. The van der Waals surface area contributed by atoms with E-state index in [1.807, 2.05) is 18.2 Å². The summed E-state index contributed by atoms with van der Waals surface area (Å²) in [5.74, 6) is -0.117. The number of esters is 1. The third-order valence-electron chi connectivity index (χ3n) is 4.94. The molecule has 2 aromatic carbocycles. The van der Waals surface area contributed by atoms with Crippen molar-refractivity contribution in [3.05, 3.63) is 65.7 Å². The number of carbonyl (C=O) groups is 2. The molecular formula is C23H28N2O4. The smallest absolute Gasteiger partial charge is 0.347 e. The van der Waals surface area contributed by atoms with E-state index in [0.717, 1.165) is 19.6 Å². The Kier molecular flexibility index (Phi) is 7.25. The number of benzene rings is 2. The van der Waals surface area contributed by atoms with E-state index in [0.29, 0.717) is 18.8 Å². The topological polar surface area (TPSA) is 59.1 Å². The molecule has 1 fully saturated rings. The fourth-order valence-corrected chi connectivity index (χ4v) is 3.32. The van der Waals surface area contributed by atoms with Crippen molar-refractivity contribution in [2.45, 2.75) is 26.5 Å². The molecule has 0 aromatic heterocycles. The second-order valence-corrected chi connectivity index (χ2v) is 7.33. The lowest BCUT2D eigenvalue weighted by molar-refractivity contribution is -0.158. The van der Waals surface area contributed by atoms with Crippen LogP contribution in [-0.4, -0.2) is 60.6 Å². The van der Waals surface area contributed by atoms with Gasteiger partial charge >= 0.3 is 5.97 Å². The van der Waals surface area contributed by atoms with Crippen molar-refractivity contribution in [3.8, 4) is 5.75 Å². The molecular weight excluding hydrogens is 368 g/mol. The average molecular weight is 396 g/mol. The van der Waals surface area contributed by atoms with Gasteiger partial charge < -0.3 is 14.4 Å². The Morgan fingerprint density at radius 1 is 1.00 bits per heavy atom. The van der Waals surface area contributed by atoms with Crippen LogP contribution in [0.2, 0.25) is 0 Å². The van der Waals surface area contributed by atoms with Crippen molar-refractivity contribution in [2.24, 2.45) is 0 Å². The van der Waals surface area contributed by atoms with Crippen LogP contribution < -0.4 is 4.74 Å². The number of aryl methyl sites for hydroxylation is 1. The fourth-order valence-electron chi connectivity index (χ4n) is 3.32. The minimum absolute atomic E-state index is 0.166. The van der Waals surface area contributed by atoms with Gasteiger partial charge in [0.1, 0.15) is 5.75 Å². The molecule has 1 unspecified atom stereocenters. The van der Waals surface area contributed by atoms with E-state index >= 15 is 0 Å². The van der Waals surface area contributed by atoms with Crippen molar-refractivity contribution in [3.63, 3.8) is 0 Å². The Balaban J connectivity index is 1.38. The number of hydrogen-bond acceptors (Lipinski definition) is 5. The Labute approximate surface area is 172 Å². The summed E-state index contributed by atoms with van der Waals surface area (Å²) in [7, 11) is 0. The summed E-state index contributed by atoms with van der Waals surface area (Å²) in [5.41, 5.74) is 2.54. The fraction of sp³-hybridized carbons (Fsp3) is 0.391. The number of amides is 1. The summed E-state index contributed by atoms with van der Waals surface area (Å²) >= 11 is 0. The van der Waals surface area contributed by atoms with E-state index in [1.54, 1.807) is 24.0 Å². The van der Waals surface area contributed by atoms with E-state index < -0.39 is 12.1 Å². The molecule has 1 aliphatic rings. The molecule has 0 N–H and O–H groups in total. The first-order chi connectivity index (χ1) is 14.0. The van der Waals surface area contributed by atoms with Crippen LogP contribution in [0.25, 0.3) is 0 Å². The van der Waals surface area contributed by atoms with E-state index in [2.05, 4.69) is 36.1 Å². The molecule has 1 aliphatic heterocycles. The van der Waals surface area contributed by atoms with Gasteiger partial charge in [0.25, 0.3) is 5.91 Å². The van der Waals surface area contributed by atoms with Gasteiger partial charge in [-0.25, -0.2) is 4.79 Å². The SMILES string of the molecule is Cc1cccc(CN2CCN(C(=O)COC(=O)C(C)Oc3ccccc3)CC2)c1. The molecule has 29 heavy (non-hydrogen) atoms. The van der Waals surface area contributed by atoms with Crippen molar-refractivity contribution in [2.75, 3.05) is 32.8 Å². The molecule has 1 atom stereocenters. The lowest BCUT2D eigenvalue weighted by Gasteiger charge is -2.34. The molecule has 2 aromatic rings. The second kappa shape index (κ2) is 10.1. The Hall–Kier alpha value is -2.86. The Bertz CT molecular complexity index is 817. The summed E-state index contributed by atoms with van der Waals surface area (Å²) in [6.45, 7) is 7.22. The van der Waals surface area contributed by atoms with Crippen LogP contribution in [0.1, 0.15) is 18.1 Å². The molecule has 0 bridgehead atoms. The van der Waals surface area contributed by atoms with E-state index in [-0.39, 0.29) is 12.5 Å². The van der Waals surface area contributed by atoms with Crippen LogP contribution in [0.5, 0.6) is 5.75 Å². The minimum Gasteiger partial charge on any atom is -0.479 e. The first-order valence-corrected chi connectivity index (χ1v) is 9.95. The van der Waals surface area contributed by atoms with Gasteiger partial charge in [-0.1, -0.05) is 48.0 Å². The van der Waals surface area contributed by atoms with Crippen molar-refractivity contribution < 1.29 is 19.1 Å². The van der Waals surface area contributed by atoms with Crippen LogP contribution >= 0.6 is 0 Å². The number of carbonyl (C=O) groups excluding carboxylic acids is 2. The molecule has 0 spiro atoms. The monoisotopic (exact) mass is 396 g/mol. The lowest BCUT2D eigenvalue weighted by Crippen LogP contribution is -2.49. The number of para-hydroxylation sites is 1. The van der Waals surface area contributed by atoms with Gasteiger partial charge in [0.05, 0.1) is 0 Å². The quantitative estimate of drug-likeness (QED) is 0.674. The van der Waals surface area contributed by atoms with Gasteiger partial charge in [-0.2, -0.15) is 0 Å². The summed E-state index contributed by atoms with van der Waals surface area (Å²) in [4.78, 5) is 28.6. The first kappa shape index (κ1) is 20.9. The molecule has 0 radical (unpaired) electrons. The molecule has 6 nitrogen and oxygen atoms in total. The van der Waals surface area contributed by atoms with E-state index in [9.17, 15) is 9.59 Å². The molecule has 154 valence electrons. The number of hydrogen-bond donors (Lipinski definition) is 0. The maximum absolute atomic E-state index is 12.4. The highest BCUT2D eigenvalue weighted by molar-refractivity contribution is 5.82. The highest BCUT2D eigenvalue weighted by Gasteiger charge is 2.23. The van der Waals surface area contributed by atoms with Crippen molar-refractivity contribution >= 4 is 11.9 Å².